The highest BCUT2D eigenvalue weighted by molar-refractivity contribution is 7.90. The quantitative estimate of drug-likeness (QED) is 0.889. The van der Waals surface area contributed by atoms with Crippen molar-refractivity contribution in [3.05, 3.63) is 42.2 Å². The van der Waals surface area contributed by atoms with Crippen LogP contribution in [0.4, 0.5) is 10.5 Å². The molecule has 3 rings (SSSR count). The van der Waals surface area contributed by atoms with Gasteiger partial charge in [-0.2, -0.15) is 5.10 Å². The number of anilines is 1. The van der Waals surface area contributed by atoms with E-state index in [9.17, 15) is 13.2 Å². The summed E-state index contributed by atoms with van der Waals surface area (Å²) in [5, 5.41) is 9.76. The third-order valence-electron chi connectivity index (χ3n) is 4.20. The summed E-state index contributed by atoms with van der Waals surface area (Å²) in [4.78, 5) is 14.4. The minimum atomic E-state index is -3.23. The second-order valence-corrected chi connectivity index (χ2v) is 8.04. The molecule has 1 aromatic carbocycles. The van der Waals surface area contributed by atoms with Gasteiger partial charge in [0, 0.05) is 42.8 Å². The number of sulfone groups is 1. The van der Waals surface area contributed by atoms with Gasteiger partial charge in [0.05, 0.1) is 4.90 Å². The number of nitrogens with one attached hydrogen (secondary N) is 2. The molecular formula is C16H20N4O3S. The van der Waals surface area contributed by atoms with Crippen LogP contribution in [0, 0.1) is 0 Å². The average Bonchev–Trinajstić information content (AvgIpc) is 3.09. The number of carbonyl (C=O) groups is 1. The monoisotopic (exact) mass is 348 g/mol. The molecule has 1 aromatic heterocycles. The number of H-pyrrole nitrogens is 1. The van der Waals surface area contributed by atoms with E-state index in [-0.39, 0.29) is 16.8 Å². The normalized spacial score (nSPS) is 18.4. The number of hydrogen-bond acceptors (Lipinski definition) is 4. The van der Waals surface area contributed by atoms with Crippen LogP contribution in [0.1, 0.15) is 24.5 Å². The number of rotatable bonds is 3. The van der Waals surface area contributed by atoms with Crippen LogP contribution in [-0.2, 0) is 9.84 Å². The minimum absolute atomic E-state index is 0.175. The second kappa shape index (κ2) is 6.64. The number of aromatic amines is 1. The van der Waals surface area contributed by atoms with Gasteiger partial charge in [-0.3, -0.25) is 5.10 Å². The molecule has 0 aliphatic carbocycles. The molecular weight excluding hydrogens is 328 g/mol. The van der Waals surface area contributed by atoms with Crippen LogP contribution in [0.15, 0.2) is 41.4 Å². The Bertz CT molecular complexity index is 800. The van der Waals surface area contributed by atoms with Gasteiger partial charge in [0.25, 0.3) is 0 Å². The van der Waals surface area contributed by atoms with Crippen molar-refractivity contribution in [2.24, 2.45) is 0 Å². The fourth-order valence-electron chi connectivity index (χ4n) is 2.90. The lowest BCUT2D eigenvalue weighted by molar-refractivity contribution is 0.192. The van der Waals surface area contributed by atoms with Crippen molar-refractivity contribution in [1.82, 2.24) is 15.1 Å². The molecule has 1 atom stereocenters. The molecule has 1 aliphatic heterocycles. The summed E-state index contributed by atoms with van der Waals surface area (Å²) < 4.78 is 22.9. The zero-order valence-corrected chi connectivity index (χ0v) is 14.2. The van der Waals surface area contributed by atoms with Crippen molar-refractivity contribution < 1.29 is 13.2 Å². The highest BCUT2D eigenvalue weighted by Gasteiger charge is 2.25. The molecule has 2 heterocycles. The summed E-state index contributed by atoms with van der Waals surface area (Å²) in [5.41, 5.74) is 1.63. The number of hydrogen-bond donors (Lipinski definition) is 2. The fraction of sp³-hybridized carbons (Fsp3) is 0.375. The number of amides is 2. The smallest absolute Gasteiger partial charge is 0.321 e. The van der Waals surface area contributed by atoms with Gasteiger partial charge >= 0.3 is 6.03 Å². The predicted molar refractivity (Wildman–Crippen MR) is 90.7 cm³/mol. The Morgan fingerprint density at radius 1 is 1.29 bits per heavy atom. The van der Waals surface area contributed by atoms with E-state index >= 15 is 0 Å². The van der Waals surface area contributed by atoms with Gasteiger partial charge in [0.1, 0.15) is 0 Å². The van der Waals surface area contributed by atoms with Crippen LogP contribution in [0.25, 0.3) is 0 Å². The number of piperidine rings is 1. The summed E-state index contributed by atoms with van der Waals surface area (Å²) in [5.74, 6) is 0.264. The summed E-state index contributed by atoms with van der Waals surface area (Å²) >= 11 is 0. The molecule has 0 saturated carbocycles. The van der Waals surface area contributed by atoms with Crippen LogP contribution < -0.4 is 5.32 Å². The van der Waals surface area contributed by atoms with Gasteiger partial charge in [-0.1, -0.05) is 0 Å². The lowest BCUT2D eigenvalue weighted by Gasteiger charge is -2.32. The van der Waals surface area contributed by atoms with Crippen molar-refractivity contribution in [1.29, 1.82) is 0 Å². The average molecular weight is 348 g/mol. The first-order valence-electron chi connectivity index (χ1n) is 7.79. The van der Waals surface area contributed by atoms with Crippen molar-refractivity contribution >= 4 is 21.6 Å². The summed E-state index contributed by atoms with van der Waals surface area (Å²) in [6.45, 7) is 1.34. The van der Waals surface area contributed by atoms with E-state index in [4.69, 9.17) is 0 Å². The molecule has 0 unspecified atom stereocenters. The van der Waals surface area contributed by atoms with Crippen molar-refractivity contribution in [3.63, 3.8) is 0 Å². The zero-order chi connectivity index (χ0) is 17.2. The highest BCUT2D eigenvalue weighted by atomic mass is 32.2. The highest BCUT2D eigenvalue weighted by Crippen LogP contribution is 2.25. The Hall–Kier alpha value is -2.35. The number of benzene rings is 1. The van der Waals surface area contributed by atoms with Crippen molar-refractivity contribution in [2.45, 2.75) is 23.7 Å². The van der Waals surface area contributed by atoms with E-state index in [0.717, 1.165) is 24.8 Å². The molecule has 24 heavy (non-hydrogen) atoms. The lowest BCUT2D eigenvalue weighted by Crippen LogP contribution is -2.41. The first-order chi connectivity index (χ1) is 11.4. The SMILES string of the molecule is CS(=O)(=O)c1ccc(NC(=O)N2CCC[C@H](c3ccn[nH]3)C2)cc1. The standard InChI is InChI=1S/C16H20N4O3S/c1-24(22,23)14-6-4-13(5-7-14)18-16(21)20-10-2-3-12(11-20)15-8-9-17-19-15/h4-9,12H,2-3,10-11H2,1H3,(H,17,19)(H,18,21)/t12-/m0/s1. The first kappa shape index (κ1) is 16.5. The van der Waals surface area contributed by atoms with Gasteiger partial charge in [-0.25, -0.2) is 13.2 Å². The van der Waals surface area contributed by atoms with Gasteiger partial charge in [-0.15, -0.1) is 0 Å². The molecule has 1 aliphatic rings. The van der Waals surface area contributed by atoms with Gasteiger partial charge in [0.15, 0.2) is 9.84 Å². The first-order valence-corrected chi connectivity index (χ1v) is 9.68. The Morgan fingerprint density at radius 2 is 2.04 bits per heavy atom. The van der Waals surface area contributed by atoms with Crippen LogP contribution in [-0.4, -0.2) is 48.9 Å². The van der Waals surface area contributed by atoms with E-state index in [1.165, 1.54) is 12.1 Å². The second-order valence-electron chi connectivity index (χ2n) is 6.02. The third kappa shape index (κ3) is 3.76. The molecule has 1 fully saturated rings. The van der Waals surface area contributed by atoms with E-state index < -0.39 is 9.84 Å². The van der Waals surface area contributed by atoms with E-state index in [0.29, 0.717) is 18.8 Å². The topological polar surface area (TPSA) is 95.2 Å². The Balaban J connectivity index is 1.64. The maximum Gasteiger partial charge on any atom is 0.321 e. The Labute approximate surface area is 141 Å². The molecule has 2 amide bonds. The summed E-state index contributed by atoms with van der Waals surface area (Å²) in [6.07, 6.45) is 4.83. The Morgan fingerprint density at radius 3 is 2.67 bits per heavy atom. The number of aromatic nitrogens is 2. The molecule has 0 radical (unpaired) electrons. The maximum absolute atomic E-state index is 12.4. The molecule has 0 bridgehead atoms. The lowest BCUT2D eigenvalue weighted by atomic mass is 9.95. The van der Waals surface area contributed by atoms with E-state index in [1.807, 2.05) is 6.07 Å². The summed E-state index contributed by atoms with van der Waals surface area (Å²) in [7, 11) is -3.23. The van der Waals surface area contributed by atoms with Crippen LogP contribution in [0.5, 0.6) is 0 Å². The van der Waals surface area contributed by atoms with Crippen molar-refractivity contribution in [2.75, 3.05) is 24.7 Å². The zero-order valence-electron chi connectivity index (χ0n) is 13.4. The molecule has 1 saturated heterocycles. The largest absolute Gasteiger partial charge is 0.324 e. The molecule has 8 heteroatoms. The van der Waals surface area contributed by atoms with Gasteiger partial charge in [-0.05, 0) is 43.2 Å². The molecule has 7 nitrogen and oxygen atoms in total. The van der Waals surface area contributed by atoms with E-state index in [1.54, 1.807) is 23.2 Å². The van der Waals surface area contributed by atoms with Crippen LogP contribution in [0.3, 0.4) is 0 Å². The molecule has 0 spiro atoms. The molecule has 2 aromatic rings. The van der Waals surface area contributed by atoms with Gasteiger partial charge < -0.3 is 10.2 Å². The summed E-state index contributed by atoms with van der Waals surface area (Å²) in [6, 6.07) is 7.96. The van der Waals surface area contributed by atoms with Crippen LogP contribution in [0.2, 0.25) is 0 Å². The third-order valence-corrected chi connectivity index (χ3v) is 5.33. The predicted octanol–water partition coefficient (Wildman–Crippen LogP) is 2.22. The maximum atomic E-state index is 12.4. The van der Waals surface area contributed by atoms with Crippen LogP contribution >= 0.6 is 0 Å². The number of likely N-dealkylation sites (tertiary alicyclic amines) is 1. The van der Waals surface area contributed by atoms with Gasteiger partial charge in [0.2, 0.25) is 0 Å². The number of urea groups is 1. The van der Waals surface area contributed by atoms with Crippen molar-refractivity contribution in [3.8, 4) is 0 Å². The Kier molecular flexibility index (Phi) is 4.57. The van der Waals surface area contributed by atoms with E-state index in [2.05, 4.69) is 15.5 Å². The molecule has 2 N–H and O–H groups in total. The minimum Gasteiger partial charge on any atom is -0.324 e. The fourth-order valence-corrected chi connectivity index (χ4v) is 3.53. The number of nitrogens with zero attached hydrogens (tertiary/aromatic N) is 2. The molecule has 128 valence electrons. The number of carbonyl (C=O) groups excluding carboxylic acids is 1.